The number of aliphatic imine (C=N–C) groups is 2. The van der Waals surface area contributed by atoms with E-state index in [9.17, 15) is 9.59 Å². The van der Waals surface area contributed by atoms with Crippen molar-refractivity contribution in [1.82, 2.24) is 0 Å². The van der Waals surface area contributed by atoms with Gasteiger partial charge in [0.25, 0.3) is 0 Å². The lowest BCUT2D eigenvalue weighted by Gasteiger charge is -1.99. The Labute approximate surface area is 151 Å². The van der Waals surface area contributed by atoms with Crippen molar-refractivity contribution < 1.29 is 9.59 Å². The molecule has 4 nitrogen and oxygen atoms in total. The highest BCUT2D eigenvalue weighted by Crippen LogP contribution is 2.11. The van der Waals surface area contributed by atoms with Gasteiger partial charge in [-0.3, -0.25) is 19.6 Å². The normalized spacial score (nSPS) is 11.1. The average Bonchev–Trinajstić information content (AvgIpc) is 2.72. The van der Waals surface area contributed by atoms with Crippen molar-refractivity contribution in [1.29, 1.82) is 0 Å². The Morgan fingerprint density at radius 1 is 0.538 bits per heavy atom. The molecule has 3 aromatic rings. The van der Waals surface area contributed by atoms with Crippen LogP contribution in [-0.4, -0.2) is 24.0 Å². The Kier molecular flexibility index (Phi) is 5.58. The summed E-state index contributed by atoms with van der Waals surface area (Å²) in [6.07, 6.45) is 2.56. The lowest BCUT2D eigenvalue weighted by atomic mass is 10.1. The second-order valence-electron chi connectivity index (χ2n) is 5.49. The second kappa shape index (κ2) is 8.44. The van der Waals surface area contributed by atoms with Crippen LogP contribution in [0, 0.1) is 0 Å². The zero-order chi connectivity index (χ0) is 18.2. The highest BCUT2D eigenvalue weighted by Gasteiger charge is 2.06. The third-order valence-electron chi connectivity index (χ3n) is 3.63. The molecule has 0 aliphatic carbocycles. The van der Waals surface area contributed by atoms with Gasteiger partial charge in [-0.05, 0) is 24.3 Å². The molecular formula is C22H16N2O2. The molecule has 0 aliphatic heterocycles. The smallest absolute Gasteiger partial charge is 0.204 e. The number of nitrogens with zero attached hydrogens (tertiary/aromatic N) is 2. The van der Waals surface area contributed by atoms with Crippen molar-refractivity contribution in [3.05, 3.63) is 96.1 Å². The third kappa shape index (κ3) is 4.68. The van der Waals surface area contributed by atoms with E-state index < -0.39 is 0 Å². The molecule has 3 rings (SSSR count). The van der Waals surface area contributed by atoms with Gasteiger partial charge in [-0.15, -0.1) is 0 Å². The molecule has 4 heteroatoms. The van der Waals surface area contributed by atoms with Crippen LogP contribution in [0.15, 0.2) is 94.9 Å². The number of carbonyl (C=O) groups excluding carboxylic acids is 2. The van der Waals surface area contributed by atoms with Crippen LogP contribution in [0.1, 0.15) is 20.7 Å². The summed E-state index contributed by atoms with van der Waals surface area (Å²) < 4.78 is 0. The molecule has 0 heterocycles. The Morgan fingerprint density at radius 2 is 0.885 bits per heavy atom. The maximum absolute atomic E-state index is 12.1. The predicted molar refractivity (Wildman–Crippen MR) is 104 cm³/mol. The van der Waals surface area contributed by atoms with E-state index in [0.717, 1.165) is 0 Å². The fourth-order valence-electron chi connectivity index (χ4n) is 2.24. The monoisotopic (exact) mass is 340 g/mol. The summed E-state index contributed by atoms with van der Waals surface area (Å²) in [6.45, 7) is 0. The van der Waals surface area contributed by atoms with Crippen molar-refractivity contribution in [3.63, 3.8) is 0 Å². The van der Waals surface area contributed by atoms with E-state index in [2.05, 4.69) is 9.98 Å². The van der Waals surface area contributed by atoms with E-state index in [1.54, 1.807) is 24.3 Å². The largest absolute Gasteiger partial charge is 0.288 e. The molecule has 0 unspecified atom stereocenters. The van der Waals surface area contributed by atoms with E-state index >= 15 is 0 Å². The summed E-state index contributed by atoms with van der Waals surface area (Å²) in [5.74, 6) is -0.434. The number of para-hydroxylation sites is 2. The molecule has 0 N–H and O–H groups in total. The molecule has 0 aliphatic rings. The van der Waals surface area contributed by atoms with E-state index in [1.165, 1.54) is 12.4 Å². The van der Waals surface area contributed by atoms with Crippen LogP contribution in [-0.2, 0) is 0 Å². The Balaban J connectivity index is 1.66. The standard InChI is InChI=1S/C22H16N2O2/c25-21(15-23-19-7-3-1-4-8-19)17-11-13-18(14-12-17)22(26)16-24-20-9-5-2-6-10-20/h1-16H. The summed E-state index contributed by atoms with van der Waals surface area (Å²) in [4.78, 5) is 32.6. The van der Waals surface area contributed by atoms with Gasteiger partial charge in [-0.1, -0.05) is 60.7 Å². The number of rotatable bonds is 6. The molecule has 0 aromatic heterocycles. The quantitative estimate of drug-likeness (QED) is 0.475. The first-order valence-electron chi connectivity index (χ1n) is 8.09. The zero-order valence-electron chi connectivity index (χ0n) is 13.9. The Bertz CT molecular complexity index is 864. The first-order chi connectivity index (χ1) is 12.7. The van der Waals surface area contributed by atoms with Gasteiger partial charge in [0.05, 0.1) is 23.8 Å². The zero-order valence-corrected chi connectivity index (χ0v) is 13.9. The van der Waals surface area contributed by atoms with E-state index in [4.69, 9.17) is 0 Å². The first kappa shape index (κ1) is 17.2. The SMILES string of the molecule is O=C(C=Nc1ccccc1)c1ccc(C(=O)C=Nc2ccccc2)cc1. The average molecular weight is 340 g/mol. The van der Waals surface area contributed by atoms with Gasteiger partial charge in [-0.2, -0.15) is 0 Å². The van der Waals surface area contributed by atoms with Crippen LogP contribution in [0.5, 0.6) is 0 Å². The topological polar surface area (TPSA) is 58.9 Å². The molecule has 0 radical (unpaired) electrons. The van der Waals surface area contributed by atoms with Crippen LogP contribution < -0.4 is 0 Å². The van der Waals surface area contributed by atoms with Gasteiger partial charge in [0, 0.05) is 11.1 Å². The van der Waals surface area contributed by atoms with Gasteiger partial charge in [-0.25, -0.2) is 0 Å². The number of hydrogen-bond donors (Lipinski definition) is 0. The molecular weight excluding hydrogens is 324 g/mol. The molecule has 26 heavy (non-hydrogen) atoms. The van der Waals surface area contributed by atoms with Crippen molar-refractivity contribution >= 4 is 35.4 Å². The number of carbonyl (C=O) groups is 2. The maximum atomic E-state index is 12.1. The summed E-state index contributed by atoms with van der Waals surface area (Å²) in [5.41, 5.74) is 2.37. The van der Waals surface area contributed by atoms with Crippen LogP contribution in [0.3, 0.4) is 0 Å². The van der Waals surface area contributed by atoms with Gasteiger partial charge >= 0.3 is 0 Å². The Hall–Kier alpha value is -3.66. The van der Waals surface area contributed by atoms with Crippen molar-refractivity contribution in [2.45, 2.75) is 0 Å². The summed E-state index contributed by atoms with van der Waals surface area (Å²) in [5, 5.41) is 0. The lowest BCUT2D eigenvalue weighted by Crippen LogP contribution is -2.03. The van der Waals surface area contributed by atoms with Gasteiger partial charge in [0.2, 0.25) is 11.6 Å². The van der Waals surface area contributed by atoms with E-state index in [1.807, 2.05) is 60.7 Å². The summed E-state index contributed by atoms with van der Waals surface area (Å²) >= 11 is 0. The van der Waals surface area contributed by atoms with Crippen molar-refractivity contribution in [2.24, 2.45) is 9.98 Å². The molecule has 126 valence electrons. The van der Waals surface area contributed by atoms with Crippen LogP contribution >= 0.6 is 0 Å². The summed E-state index contributed by atoms with van der Waals surface area (Å²) in [6, 6.07) is 24.9. The van der Waals surface area contributed by atoms with Gasteiger partial charge in [0.1, 0.15) is 0 Å². The number of benzene rings is 3. The van der Waals surface area contributed by atoms with E-state index in [0.29, 0.717) is 22.5 Å². The highest BCUT2D eigenvalue weighted by molar-refractivity contribution is 6.37. The fourth-order valence-corrected chi connectivity index (χ4v) is 2.24. The highest BCUT2D eigenvalue weighted by atomic mass is 16.1. The lowest BCUT2D eigenvalue weighted by molar-refractivity contribution is 0.106. The van der Waals surface area contributed by atoms with Crippen molar-refractivity contribution in [3.8, 4) is 0 Å². The van der Waals surface area contributed by atoms with Gasteiger partial charge in [0.15, 0.2) is 0 Å². The third-order valence-corrected chi connectivity index (χ3v) is 3.63. The minimum atomic E-state index is -0.217. The molecule has 0 amide bonds. The maximum Gasteiger partial charge on any atom is 0.204 e. The Morgan fingerprint density at radius 3 is 1.23 bits per heavy atom. The van der Waals surface area contributed by atoms with Crippen LogP contribution in [0.2, 0.25) is 0 Å². The molecule has 0 bridgehead atoms. The first-order valence-corrected chi connectivity index (χ1v) is 8.09. The molecule has 0 saturated carbocycles. The molecule has 0 atom stereocenters. The minimum absolute atomic E-state index is 0.217. The molecule has 0 spiro atoms. The number of Topliss-reactive ketones (excluding diaryl/α,β-unsaturated/α-hetero) is 2. The second-order valence-corrected chi connectivity index (χ2v) is 5.49. The summed E-state index contributed by atoms with van der Waals surface area (Å²) in [7, 11) is 0. The number of ketones is 2. The minimum Gasteiger partial charge on any atom is -0.288 e. The molecule has 3 aromatic carbocycles. The molecule has 0 saturated heterocycles. The molecule has 0 fully saturated rings. The van der Waals surface area contributed by atoms with Gasteiger partial charge < -0.3 is 0 Å². The van der Waals surface area contributed by atoms with Crippen molar-refractivity contribution in [2.75, 3.05) is 0 Å². The van der Waals surface area contributed by atoms with Crippen LogP contribution in [0.25, 0.3) is 0 Å². The predicted octanol–water partition coefficient (Wildman–Crippen LogP) is 4.86. The van der Waals surface area contributed by atoms with E-state index in [-0.39, 0.29) is 11.6 Å². The van der Waals surface area contributed by atoms with Crippen LogP contribution in [0.4, 0.5) is 11.4 Å². The fraction of sp³-hybridized carbons (Fsp3) is 0. The number of hydrogen-bond acceptors (Lipinski definition) is 4.